The molecule has 2 atom stereocenters. The molecule has 0 spiro atoms. The smallest absolute Gasteiger partial charge is 0.273 e. The van der Waals surface area contributed by atoms with Crippen molar-refractivity contribution in [2.45, 2.75) is 46.2 Å². The van der Waals surface area contributed by atoms with Gasteiger partial charge in [-0.25, -0.2) is 0 Å². The lowest BCUT2D eigenvalue weighted by atomic mass is 9.94. The first kappa shape index (κ1) is 22.4. The predicted octanol–water partition coefficient (Wildman–Crippen LogP) is 4.48. The zero-order chi connectivity index (χ0) is 21.6. The van der Waals surface area contributed by atoms with E-state index >= 15 is 0 Å². The van der Waals surface area contributed by atoms with Crippen molar-refractivity contribution in [3.8, 4) is 5.75 Å². The minimum Gasteiger partial charge on any atom is -0.494 e. The van der Waals surface area contributed by atoms with Gasteiger partial charge in [0.25, 0.3) is 5.69 Å². The van der Waals surface area contributed by atoms with Crippen molar-refractivity contribution in [2.24, 2.45) is 5.92 Å². The van der Waals surface area contributed by atoms with Gasteiger partial charge in [0.15, 0.2) is 0 Å². The van der Waals surface area contributed by atoms with E-state index in [4.69, 9.17) is 4.74 Å². The summed E-state index contributed by atoms with van der Waals surface area (Å²) >= 11 is 0. The first-order valence-corrected chi connectivity index (χ1v) is 9.75. The number of benzene rings is 2. The van der Waals surface area contributed by atoms with Crippen molar-refractivity contribution in [3.63, 3.8) is 0 Å². The van der Waals surface area contributed by atoms with Gasteiger partial charge < -0.3 is 10.1 Å². The summed E-state index contributed by atoms with van der Waals surface area (Å²) in [7, 11) is 1.41. The summed E-state index contributed by atoms with van der Waals surface area (Å²) in [5, 5.41) is 17.1. The molecule has 2 aromatic rings. The van der Waals surface area contributed by atoms with Gasteiger partial charge in [-0.2, -0.15) is 0 Å². The van der Waals surface area contributed by atoms with Crippen LogP contribution in [0, 0.1) is 16.0 Å². The molecule has 0 saturated carbocycles. The van der Waals surface area contributed by atoms with Crippen LogP contribution in [0.3, 0.4) is 0 Å². The fourth-order valence-electron chi connectivity index (χ4n) is 3.12. The van der Waals surface area contributed by atoms with E-state index in [2.05, 4.69) is 55.7 Å². The summed E-state index contributed by atoms with van der Waals surface area (Å²) in [6.45, 7) is 8.12. The highest BCUT2D eigenvalue weighted by Gasteiger charge is 2.23. The minimum atomic E-state index is -0.505. The van der Waals surface area contributed by atoms with Crippen molar-refractivity contribution in [1.82, 2.24) is 5.32 Å². The Morgan fingerprint density at radius 2 is 1.79 bits per heavy atom. The van der Waals surface area contributed by atoms with Gasteiger partial charge in [-0.15, -0.1) is 0 Å². The molecule has 0 aliphatic carbocycles. The van der Waals surface area contributed by atoms with Crippen molar-refractivity contribution in [3.05, 3.63) is 63.7 Å². The van der Waals surface area contributed by atoms with Crippen LogP contribution in [-0.4, -0.2) is 24.0 Å². The molecular formula is C22H29N3O4. The topological polar surface area (TPSA) is 93.5 Å². The molecule has 0 unspecified atom stereocenters. The van der Waals surface area contributed by atoms with Crippen LogP contribution in [0.15, 0.2) is 42.5 Å². The molecule has 0 fully saturated rings. The number of nitrogens with one attached hydrogen (secondary N) is 2. The number of carbonyl (C=O) groups excluding carboxylic acids is 1. The highest BCUT2D eigenvalue weighted by atomic mass is 16.6. The molecule has 0 aliphatic heterocycles. The number of amides is 1. The highest BCUT2D eigenvalue weighted by Crippen LogP contribution is 2.29. The second kappa shape index (κ2) is 10.0. The Morgan fingerprint density at radius 1 is 1.14 bits per heavy atom. The van der Waals surface area contributed by atoms with Crippen molar-refractivity contribution in [2.75, 3.05) is 12.4 Å². The molecule has 29 heavy (non-hydrogen) atoms. The predicted molar refractivity (Wildman–Crippen MR) is 114 cm³/mol. The molecule has 0 radical (unpaired) electrons. The molecule has 2 N–H and O–H groups in total. The average Bonchev–Trinajstić information content (AvgIpc) is 2.71. The number of hydrogen-bond donors (Lipinski definition) is 2. The molecule has 2 rings (SSSR count). The first-order valence-electron chi connectivity index (χ1n) is 9.75. The maximum Gasteiger partial charge on any atom is 0.273 e. The third-order valence-corrected chi connectivity index (χ3v) is 4.89. The number of non-ortho nitro benzene ring substituents is 1. The second-order valence-corrected chi connectivity index (χ2v) is 7.34. The number of hydrogen-bond acceptors (Lipinski definition) is 5. The van der Waals surface area contributed by atoms with Gasteiger partial charge >= 0.3 is 0 Å². The Hall–Kier alpha value is -2.93. The number of rotatable bonds is 9. The minimum absolute atomic E-state index is 0.0143. The Morgan fingerprint density at radius 3 is 2.31 bits per heavy atom. The number of ether oxygens (including phenoxy) is 1. The third kappa shape index (κ3) is 5.77. The SMILES string of the molecule is CCc1ccc([C@@H](N[C@H](C)C(=O)Nc2ccc([N+](=O)[O-])cc2OC)C(C)C)cc1. The van der Waals surface area contributed by atoms with E-state index in [1.54, 1.807) is 6.92 Å². The van der Waals surface area contributed by atoms with Gasteiger partial charge in [0, 0.05) is 12.1 Å². The summed E-state index contributed by atoms with van der Waals surface area (Å²) in [5.41, 5.74) is 2.70. The monoisotopic (exact) mass is 399 g/mol. The Kier molecular flexibility index (Phi) is 7.73. The fraction of sp³-hybridized carbons (Fsp3) is 0.409. The van der Waals surface area contributed by atoms with Crippen LogP contribution in [-0.2, 0) is 11.2 Å². The molecule has 0 aliphatic rings. The molecule has 0 bridgehead atoms. The number of aryl methyl sites for hydroxylation is 1. The van der Waals surface area contributed by atoms with Crippen LogP contribution in [0.5, 0.6) is 5.75 Å². The Balaban J connectivity index is 2.12. The fourth-order valence-corrected chi connectivity index (χ4v) is 3.12. The molecule has 156 valence electrons. The van der Waals surface area contributed by atoms with Crippen LogP contribution in [0.1, 0.15) is 44.9 Å². The van der Waals surface area contributed by atoms with Gasteiger partial charge in [0.05, 0.1) is 29.8 Å². The quantitative estimate of drug-likeness (QED) is 0.479. The van der Waals surface area contributed by atoms with Crippen LogP contribution < -0.4 is 15.4 Å². The maximum absolute atomic E-state index is 12.7. The van der Waals surface area contributed by atoms with Crippen LogP contribution in [0.25, 0.3) is 0 Å². The zero-order valence-electron chi connectivity index (χ0n) is 17.6. The van der Waals surface area contributed by atoms with Crippen LogP contribution in [0.2, 0.25) is 0 Å². The molecule has 0 aromatic heterocycles. The van der Waals surface area contributed by atoms with Crippen molar-refractivity contribution < 1.29 is 14.5 Å². The summed E-state index contributed by atoms with van der Waals surface area (Å²) < 4.78 is 5.19. The van der Waals surface area contributed by atoms with Gasteiger partial charge in [-0.05, 0) is 36.5 Å². The number of carbonyl (C=O) groups is 1. The van der Waals surface area contributed by atoms with Crippen molar-refractivity contribution >= 4 is 17.3 Å². The number of methoxy groups -OCH3 is 1. The largest absolute Gasteiger partial charge is 0.494 e. The number of nitro groups is 1. The Bertz CT molecular complexity index is 850. The van der Waals surface area contributed by atoms with Crippen LogP contribution in [0.4, 0.5) is 11.4 Å². The van der Waals surface area contributed by atoms with Gasteiger partial charge in [-0.1, -0.05) is 45.0 Å². The molecule has 1 amide bonds. The molecule has 7 nitrogen and oxygen atoms in total. The van der Waals surface area contributed by atoms with E-state index < -0.39 is 11.0 Å². The van der Waals surface area contributed by atoms with E-state index in [0.29, 0.717) is 5.69 Å². The lowest BCUT2D eigenvalue weighted by Gasteiger charge is -2.27. The summed E-state index contributed by atoms with van der Waals surface area (Å²) in [5.74, 6) is 0.287. The maximum atomic E-state index is 12.7. The van der Waals surface area contributed by atoms with Gasteiger partial charge in [0.2, 0.25) is 5.91 Å². The third-order valence-electron chi connectivity index (χ3n) is 4.89. The normalized spacial score (nSPS) is 13.0. The van der Waals surface area contributed by atoms with Crippen LogP contribution >= 0.6 is 0 Å². The van der Waals surface area contributed by atoms with E-state index in [9.17, 15) is 14.9 Å². The van der Waals surface area contributed by atoms with E-state index in [1.165, 1.54) is 30.9 Å². The lowest BCUT2D eigenvalue weighted by Crippen LogP contribution is -2.41. The first-order chi connectivity index (χ1) is 13.8. The highest BCUT2D eigenvalue weighted by molar-refractivity contribution is 5.96. The number of anilines is 1. The van der Waals surface area contributed by atoms with Crippen molar-refractivity contribution in [1.29, 1.82) is 0 Å². The molecular weight excluding hydrogens is 370 g/mol. The standard InChI is InChI=1S/C22H29N3O4/c1-6-16-7-9-17(10-8-16)21(14(2)3)23-15(4)22(26)24-19-12-11-18(25(27)28)13-20(19)29-5/h7-15,21,23H,6H2,1-5H3,(H,24,26)/t15-,21+/m1/s1. The molecule has 7 heteroatoms. The molecule has 0 saturated heterocycles. The number of nitrogens with zero attached hydrogens (tertiary/aromatic N) is 1. The van der Waals surface area contributed by atoms with E-state index in [-0.39, 0.29) is 29.3 Å². The summed E-state index contributed by atoms with van der Waals surface area (Å²) in [4.78, 5) is 23.1. The van der Waals surface area contributed by atoms with E-state index in [1.807, 2.05) is 0 Å². The average molecular weight is 399 g/mol. The lowest BCUT2D eigenvalue weighted by molar-refractivity contribution is -0.384. The molecule has 2 aromatic carbocycles. The van der Waals surface area contributed by atoms with Gasteiger partial charge in [0.1, 0.15) is 5.75 Å². The zero-order valence-corrected chi connectivity index (χ0v) is 17.6. The van der Waals surface area contributed by atoms with E-state index in [0.717, 1.165) is 12.0 Å². The number of nitro benzene ring substituents is 1. The summed E-state index contributed by atoms with van der Waals surface area (Å²) in [6.07, 6.45) is 0.982. The van der Waals surface area contributed by atoms with Gasteiger partial charge in [-0.3, -0.25) is 20.2 Å². The molecule has 0 heterocycles. The second-order valence-electron chi connectivity index (χ2n) is 7.34. The summed E-state index contributed by atoms with van der Waals surface area (Å²) in [6, 6.07) is 12.1. The Labute approximate surface area is 171 Å².